The number of ether oxygens (including phenoxy) is 1. The van der Waals surface area contributed by atoms with Gasteiger partial charge >= 0.3 is 0 Å². The van der Waals surface area contributed by atoms with E-state index in [1.54, 1.807) is 6.26 Å². The molecular weight excluding hydrogens is 314 g/mol. The summed E-state index contributed by atoms with van der Waals surface area (Å²) >= 11 is 1.49. The molecule has 1 saturated carbocycles. The third-order valence-electron chi connectivity index (χ3n) is 4.31. The van der Waals surface area contributed by atoms with Crippen molar-refractivity contribution in [2.45, 2.75) is 18.9 Å². The molecule has 0 bridgehead atoms. The average Bonchev–Trinajstić information content (AvgIpc) is 2.96. The molecule has 2 unspecified atom stereocenters. The molecule has 7 heteroatoms. The molecular formula is C16H19N3O3S. The van der Waals surface area contributed by atoms with Gasteiger partial charge in [0.2, 0.25) is 5.91 Å². The van der Waals surface area contributed by atoms with Gasteiger partial charge < -0.3 is 14.5 Å². The van der Waals surface area contributed by atoms with Crippen molar-refractivity contribution in [3.8, 4) is 0 Å². The van der Waals surface area contributed by atoms with Crippen molar-refractivity contribution in [2.24, 2.45) is 5.92 Å². The number of rotatable bonds is 5. The van der Waals surface area contributed by atoms with Crippen molar-refractivity contribution in [3.63, 3.8) is 0 Å². The summed E-state index contributed by atoms with van der Waals surface area (Å²) in [4.78, 5) is 19.1. The molecule has 1 saturated heterocycles. The molecule has 2 aromatic heterocycles. The zero-order valence-electron chi connectivity index (χ0n) is 12.7. The van der Waals surface area contributed by atoms with Crippen molar-refractivity contribution < 1.29 is 13.9 Å². The van der Waals surface area contributed by atoms with Gasteiger partial charge in [0.15, 0.2) is 5.13 Å². The fourth-order valence-corrected chi connectivity index (χ4v) is 3.63. The lowest BCUT2D eigenvalue weighted by Crippen LogP contribution is -2.35. The van der Waals surface area contributed by atoms with E-state index in [9.17, 15) is 4.79 Å². The van der Waals surface area contributed by atoms with Crippen LogP contribution in [0, 0.1) is 5.92 Å². The highest BCUT2D eigenvalue weighted by Gasteiger charge is 2.46. The third-order valence-corrected chi connectivity index (χ3v) is 5.11. The second-order valence-corrected chi connectivity index (χ2v) is 6.84. The minimum Gasteiger partial charge on any atom is -0.469 e. The van der Waals surface area contributed by atoms with Crippen LogP contribution < -0.4 is 5.32 Å². The van der Waals surface area contributed by atoms with Crippen molar-refractivity contribution in [1.29, 1.82) is 0 Å². The van der Waals surface area contributed by atoms with Crippen LogP contribution >= 0.6 is 11.3 Å². The zero-order chi connectivity index (χ0) is 15.6. The summed E-state index contributed by atoms with van der Waals surface area (Å²) in [5.41, 5.74) is 1.01. The van der Waals surface area contributed by atoms with Crippen LogP contribution in [0.5, 0.6) is 0 Å². The molecule has 2 fully saturated rings. The van der Waals surface area contributed by atoms with Gasteiger partial charge in [-0.15, -0.1) is 11.3 Å². The van der Waals surface area contributed by atoms with Crippen LogP contribution in [0.3, 0.4) is 0 Å². The van der Waals surface area contributed by atoms with Gasteiger partial charge in [-0.05, 0) is 18.6 Å². The van der Waals surface area contributed by atoms with Crippen LogP contribution in [-0.2, 0) is 16.1 Å². The van der Waals surface area contributed by atoms with Crippen LogP contribution in [0.1, 0.15) is 23.8 Å². The molecule has 3 heterocycles. The number of carbonyl (C=O) groups excluding carboxylic acids is 1. The molecule has 122 valence electrons. The Morgan fingerprint density at radius 1 is 1.43 bits per heavy atom. The normalized spacial score (nSPS) is 24.5. The van der Waals surface area contributed by atoms with Gasteiger partial charge in [-0.25, -0.2) is 4.98 Å². The minimum absolute atomic E-state index is 0.00717. The number of carbonyl (C=O) groups is 1. The maximum absolute atomic E-state index is 12.3. The van der Waals surface area contributed by atoms with E-state index in [0.717, 1.165) is 50.7 Å². The molecule has 23 heavy (non-hydrogen) atoms. The number of furan rings is 1. The van der Waals surface area contributed by atoms with E-state index in [1.807, 2.05) is 17.5 Å². The summed E-state index contributed by atoms with van der Waals surface area (Å²) in [6, 6.07) is 3.79. The van der Waals surface area contributed by atoms with Gasteiger partial charge in [0.25, 0.3) is 0 Å². The van der Waals surface area contributed by atoms with Gasteiger partial charge in [-0.3, -0.25) is 9.69 Å². The number of amides is 1. The molecule has 0 radical (unpaired) electrons. The predicted molar refractivity (Wildman–Crippen MR) is 86.4 cm³/mol. The molecule has 2 atom stereocenters. The van der Waals surface area contributed by atoms with Crippen LogP contribution in [0.2, 0.25) is 0 Å². The molecule has 4 rings (SSSR count). The third kappa shape index (κ3) is 3.46. The van der Waals surface area contributed by atoms with Crippen molar-refractivity contribution in [1.82, 2.24) is 9.88 Å². The van der Waals surface area contributed by atoms with Crippen LogP contribution in [0.25, 0.3) is 0 Å². The fraction of sp³-hybridized carbons (Fsp3) is 0.500. The van der Waals surface area contributed by atoms with E-state index >= 15 is 0 Å². The summed E-state index contributed by atoms with van der Waals surface area (Å²) in [7, 11) is 0. The Labute approximate surface area is 138 Å². The van der Waals surface area contributed by atoms with E-state index < -0.39 is 0 Å². The summed E-state index contributed by atoms with van der Waals surface area (Å²) in [6.45, 7) is 4.25. The number of nitrogens with zero attached hydrogens (tertiary/aromatic N) is 2. The molecule has 0 spiro atoms. The molecule has 2 aromatic rings. The highest BCUT2D eigenvalue weighted by molar-refractivity contribution is 7.13. The van der Waals surface area contributed by atoms with E-state index in [0.29, 0.717) is 5.13 Å². The Balaban J connectivity index is 1.30. The number of nitrogens with one attached hydrogen (secondary N) is 1. The minimum atomic E-state index is 0.00717. The summed E-state index contributed by atoms with van der Waals surface area (Å²) in [5.74, 6) is 1.17. The Morgan fingerprint density at radius 3 is 3.09 bits per heavy atom. The highest BCUT2D eigenvalue weighted by Crippen LogP contribution is 2.48. The summed E-state index contributed by atoms with van der Waals surface area (Å²) in [6.07, 6.45) is 2.51. The van der Waals surface area contributed by atoms with Crippen LogP contribution in [-0.4, -0.2) is 42.1 Å². The first-order chi connectivity index (χ1) is 11.3. The number of hydrogen-bond acceptors (Lipinski definition) is 6. The maximum atomic E-state index is 12.3. The molecule has 2 aliphatic rings. The molecule has 0 aromatic carbocycles. The Morgan fingerprint density at radius 2 is 2.30 bits per heavy atom. The topological polar surface area (TPSA) is 67.6 Å². The first-order valence-electron chi connectivity index (χ1n) is 7.88. The first kappa shape index (κ1) is 14.9. The lowest BCUT2D eigenvalue weighted by atomic mass is 10.2. The molecule has 6 nitrogen and oxygen atoms in total. The smallest absolute Gasteiger partial charge is 0.230 e. The molecule has 1 amide bonds. The maximum Gasteiger partial charge on any atom is 0.230 e. The standard InChI is InChI=1S/C16H19N3O3S/c20-15(13-8-12(13)14-2-1-5-22-14)18-16-17-11(10-23-16)9-19-3-6-21-7-4-19/h1-2,5,10,12-13H,3-4,6-9H2,(H,17,18,20). The van der Waals surface area contributed by atoms with E-state index in [2.05, 4.69) is 15.2 Å². The number of aromatic nitrogens is 1. The molecule has 1 aliphatic heterocycles. The van der Waals surface area contributed by atoms with Crippen molar-refractivity contribution in [2.75, 3.05) is 31.6 Å². The SMILES string of the molecule is O=C(Nc1nc(CN2CCOCC2)cs1)C1CC1c1ccco1. The van der Waals surface area contributed by atoms with Gasteiger partial charge in [-0.2, -0.15) is 0 Å². The number of anilines is 1. The second kappa shape index (κ2) is 6.43. The van der Waals surface area contributed by atoms with Gasteiger partial charge in [0, 0.05) is 36.9 Å². The van der Waals surface area contributed by atoms with Gasteiger partial charge in [0.1, 0.15) is 5.76 Å². The molecule has 1 aliphatic carbocycles. The van der Waals surface area contributed by atoms with Crippen LogP contribution in [0.4, 0.5) is 5.13 Å². The van der Waals surface area contributed by atoms with Gasteiger partial charge in [-0.1, -0.05) is 0 Å². The summed E-state index contributed by atoms with van der Waals surface area (Å²) < 4.78 is 10.7. The highest BCUT2D eigenvalue weighted by atomic mass is 32.1. The quantitative estimate of drug-likeness (QED) is 0.909. The monoisotopic (exact) mass is 333 g/mol. The Bertz CT molecular complexity index is 664. The van der Waals surface area contributed by atoms with E-state index in [4.69, 9.17) is 9.15 Å². The number of morpholine rings is 1. The molecule has 1 N–H and O–H groups in total. The Kier molecular flexibility index (Phi) is 4.15. The number of thiazole rings is 1. The number of hydrogen-bond donors (Lipinski definition) is 1. The largest absolute Gasteiger partial charge is 0.469 e. The lowest BCUT2D eigenvalue weighted by Gasteiger charge is -2.25. The zero-order valence-corrected chi connectivity index (χ0v) is 13.6. The second-order valence-electron chi connectivity index (χ2n) is 5.99. The lowest BCUT2D eigenvalue weighted by molar-refractivity contribution is -0.117. The summed E-state index contributed by atoms with van der Waals surface area (Å²) in [5, 5.41) is 5.64. The Hall–Kier alpha value is -1.70. The fourth-order valence-electron chi connectivity index (χ4n) is 2.92. The van der Waals surface area contributed by atoms with E-state index in [-0.39, 0.29) is 17.7 Å². The average molecular weight is 333 g/mol. The predicted octanol–water partition coefficient (Wildman–Crippen LogP) is 2.31. The van der Waals surface area contributed by atoms with Gasteiger partial charge in [0.05, 0.1) is 25.2 Å². The first-order valence-corrected chi connectivity index (χ1v) is 8.76. The van der Waals surface area contributed by atoms with Crippen molar-refractivity contribution in [3.05, 3.63) is 35.2 Å². The van der Waals surface area contributed by atoms with E-state index in [1.165, 1.54) is 11.3 Å². The van der Waals surface area contributed by atoms with Crippen LogP contribution in [0.15, 0.2) is 28.2 Å². The van der Waals surface area contributed by atoms with Crippen molar-refractivity contribution >= 4 is 22.4 Å².